The molecular weight excluding hydrogens is 300 g/mol. The maximum absolute atomic E-state index is 12.3. The summed E-state index contributed by atoms with van der Waals surface area (Å²) in [5.41, 5.74) is -0.650. The van der Waals surface area contributed by atoms with E-state index in [1.165, 1.54) is 7.05 Å². The summed E-state index contributed by atoms with van der Waals surface area (Å²) in [7, 11) is -2.51. The topological polar surface area (TPSA) is 110 Å². The van der Waals surface area contributed by atoms with E-state index in [0.717, 1.165) is 22.5 Å². The number of rotatable bonds is 7. The van der Waals surface area contributed by atoms with Crippen molar-refractivity contribution in [1.82, 2.24) is 4.31 Å². The molecule has 0 aliphatic carbocycles. The molecule has 0 spiro atoms. The summed E-state index contributed by atoms with van der Waals surface area (Å²) < 4.78 is 30.8. The minimum atomic E-state index is -3.87. The van der Waals surface area contributed by atoms with Gasteiger partial charge in [-0.3, -0.25) is 10.1 Å². The van der Waals surface area contributed by atoms with E-state index in [9.17, 15) is 23.6 Å². The number of phenols is 1. The SMILES string of the molecule is CC(C)OCCN(C)S(=O)(=O)c1ccc(O)c([N+](=O)[O-])c1. The number of phenolic OH excluding ortho intramolecular Hbond substituents is 1. The van der Waals surface area contributed by atoms with Gasteiger partial charge in [-0.25, -0.2) is 8.42 Å². The van der Waals surface area contributed by atoms with Gasteiger partial charge in [0.1, 0.15) is 0 Å². The fourth-order valence-corrected chi connectivity index (χ4v) is 2.70. The molecule has 0 aliphatic rings. The van der Waals surface area contributed by atoms with Crippen LogP contribution in [0.1, 0.15) is 13.8 Å². The van der Waals surface area contributed by atoms with Crippen LogP contribution < -0.4 is 0 Å². The Morgan fingerprint density at radius 2 is 2.05 bits per heavy atom. The van der Waals surface area contributed by atoms with Gasteiger partial charge in [0.15, 0.2) is 5.75 Å². The van der Waals surface area contributed by atoms with Crippen LogP contribution in [0.25, 0.3) is 0 Å². The number of aromatic hydroxyl groups is 1. The number of ether oxygens (including phenoxy) is 1. The van der Waals surface area contributed by atoms with Crippen molar-refractivity contribution in [2.24, 2.45) is 0 Å². The summed E-state index contributed by atoms with van der Waals surface area (Å²) in [4.78, 5) is 9.65. The second-order valence-electron chi connectivity index (χ2n) is 4.65. The molecule has 0 fully saturated rings. The van der Waals surface area contributed by atoms with Crippen LogP contribution in [-0.2, 0) is 14.8 Å². The lowest BCUT2D eigenvalue weighted by atomic mass is 10.3. The lowest BCUT2D eigenvalue weighted by Crippen LogP contribution is -2.31. The Kier molecular flexibility index (Phi) is 5.64. The highest BCUT2D eigenvalue weighted by molar-refractivity contribution is 7.89. The molecule has 0 amide bonds. The predicted octanol–water partition coefficient (Wildman–Crippen LogP) is 1.35. The van der Waals surface area contributed by atoms with E-state index in [1.54, 1.807) is 0 Å². The first-order valence-corrected chi connectivity index (χ1v) is 7.65. The first-order chi connectivity index (χ1) is 9.66. The summed E-state index contributed by atoms with van der Waals surface area (Å²) in [5, 5.41) is 20.1. The molecule has 0 bridgehead atoms. The Balaban J connectivity index is 2.97. The van der Waals surface area contributed by atoms with Gasteiger partial charge in [0.2, 0.25) is 10.0 Å². The highest BCUT2D eigenvalue weighted by Gasteiger charge is 2.24. The summed E-state index contributed by atoms with van der Waals surface area (Å²) in [6.07, 6.45) is -0.0177. The van der Waals surface area contributed by atoms with Crippen molar-refractivity contribution >= 4 is 15.7 Å². The van der Waals surface area contributed by atoms with Crippen LogP contribution in [0.2, 0.25) is 0 Å². The van der Waals surface area contributed by atoms with E-state index in [-0.39, 0.29) is 24.2 Å². The first kappa shape index (κ1) is 17.3. The van der Waals surface area contributed by atoms with Gasteiger partial charge in [-0.15, -0.1) is 0 Å². The number of sulfonamides is 1. The van der Waals surface area contributed by atoms with Crippen LogP contribution in [0, 0.1) is 10.1 Å². The third-order valence-corrected chi connectivity index (χ3v) is 4.56. The molecule has 0 aromatic heterocycles. The molecule has 1 N–H and O–H groups in total. The number of likely N-dealkylation sites (N-methyl/N-ethyl adjacent to an activating group) is 1. The molecule has 0 aliphatic heterocycles. The minimum Gasteiger partial charge on any atom is -0.502 e. The standard InChI is InChI=1S/C12H18N2O6S/c1-9(2)20-7-6-13(3)21(18,19)10-4-5-12(15)11(8-10)14(16)17/h4-5,8-9,15H,6-7H2,1-3H3. The maximum Gasteiger partial charge on any atom is 0.312 e. The van der Waals surface area contributed by atoms with Gasteiger partial charge in [-0.05, 0) is 26.0 Å². The van der Waals surface area contributed by atoms with Crippen LogP contribution in [0.3, 0.4) is 0 Å². The van der Waals surface area contributed by atoms with Crippen LogP contribution >= 0.6 is 0 Å². The maximum atomic E-state index is 12.3. The third kappa shape index (κ3) is 4.38. The molecule has 1 rings (SSSR count). The van der Waals surface area contributed by atoms with Gasteiger partial charge in [0, 0.05) is 19.7 Å². The molecule has 21 heavy (non-hydrogen) atoms. The summed E-state index contributed by atoms with van der Waals surface area (Å²) in [5.74, 6) is -0.579. The van der Waals surface area contributed by atoms with Crippen molar-refractivity contribution < 1.29 is 23.2 Å². The van der Waals surface area contributed by atoms with E-state index >= 15 is 0 Å². The zero-order chi connectivity index (χ0) is 16.2. The average Bonchev–Trinajstić information content (AvgIpc) is 2.37. The molecule has 1 aromatic rings. The van der Waals surface area contributed by atoms with E-state index in [1.807, 2.05) is 13.8 Å². The van der Waals surface area contributed by atoms with Crippen LogP contribution in [0.4, 0.5) is 5.69 Å². The Bertz CT molecular complexity index is 614. The number of hydrogen-bond donors (Lipinski definition) is 1. The Labute approximate surface area is 123 Å². The zero-order valence-electron chi connectivity index (χ0n) is 12.0. The molecule has 0 saturated heterocycles. The molecular formula is C12H18N2O6S. The monoisotopic (exact) mass is 318 g/mol. The summed E-state index contributed by atoms with van der Waals surface area (Å²) in [6.45, 7) is 4.00. The quantitative estimate of drug-likeness (QED) is 0.600. The van der Waals surface area contributed by atoms with Crippen LogP contribution in [-0.4, -0.2) is 49.1 Å². The Morgan fingerprint density at radius 1 is 1.43 bits per heavy atom. The number of benzene rings is 1. The van der Waals surface area contributed by atoms with Crippen molar-refractivity contribution in [3.05, 3.63) is 28.3 Å². The minimum absolute atomic E-state index is 0.0177. The van der Waals surface area contributed by atoms with E-state index in [4.69, 9.17) is 4.74 Å². The number of hydrogen-bond acceptors (Lipinski definition) is 6. The molecule has 0 unspecified atom stereocenters. The zero-order valence-corrected chi connectivity index (χ0v) is 12.8. The smallest absolute Gasteiger partial charge is 0.312 e. The average molecular weight is 318 g/mol. The molecule has 0 atom stereocenters. The number of nitrogens with zero attached hydrogens (tertiary/aromatic N) is 2. The fourth-order valence-electron chi connectivity index (χ4n) is 1.53. The van der Waals surface area contributed by atoms with Gasteiger partial charge in [-0.1, -0.05) is 0 Å². The first-order valence-electron chi connectivity index (χ1n) is 6.21. The second kappa shape index (κ2) is 6.83. The van der Waals surface area contributed by atoms with Crippen molar-refractivity contribution in [1.29, 1.82) is 0 Å². The van der Waals surface area contributed by atoms with Gasteiger partial charge in [0.25, 0.3) is 0 Å². The molecule has 0 radical (unpaired) electrons. The molecule has 118 valence electrons. The van der Waals surface area contributed by atoms with Gasteiger partial charge in [-0.2, -0.15) is 4.31 Å². The molecule has 0 heterocycles. The van der Waals surface area contributed by atoms with Crippen molar-refractivity contribution in [3.8, 4) is 5.75 Å². The normalized spacial score (nSPS) is 12.0. The van der Waals surface area contributed by atoms with Crippen molar-refractivity contribution in [2.45, 2.75) is 24.8 Å². The second-order valence-corrected chi connectivity index (χ2v) is 6.70. The molecule has 0 saturated carbocycles. The molecule has 9 heteroatoms. The van der Waals surface area contributed by atoms with Crippen molar-refractivity contribution in [2.75, 3.05) is 20.2 Å². The van der Waals surface area contributed by atoms with Gasteiger partial charge in [0.05, 0.1) is 22.5 Å². The van der Waals surface area contributed by atoms with Gasteiger partial charge >= 0.3 is 5.69 Å². The van der Waals surface area contributed by atoms with Crippen molar-refractivity contribution in [3.63, 3.8) is 0 Å². The highest BCUT2D eigenvalue weighted by atomic mass is 32.2. The van der Waals surface area contributed by atoms with Gasteiger partial charge < -0.3 is 9.84 Å². The predicted molar refractivity (Wildman–Crippen MR) is 75.7 cm³/mol. The largest absolute Gasteiger partial charge is 0.502 e. The van der Waals surface area contributed by atoms with E-state index in [0.29, 0.717) is 0 Å². The van der Waals surface area contributed by atoms with Crippen LogP contribution in [0.15, 0.2) is 23.1 Å². The lowest BCUT2D eigenvalue weighted by molar-refractivity contribution is -0.386. The van der Waals surface area contributed by atoms with Crippen LogP contribution in [0.5, 0.6) is 5.75 Å². The Hall–Kier alpha value is -1.71. The van der Waals surface area contributed by atoms with E-state index < -0.39 is 26.4 Å². The molecule has 1 aromatic carbocycles. The Morgan fingerprint density at radius 3 is 2.57 bits per heavy atom. The number of nitro groups is 1. The summed E-state index contributed by atoms with van der Waals surface area (Å²) in [6, 6.07) is 2.95. The highest BCUT2D eigenvalue weighted by Crippen LogP contribution is 2.29. The molecule has 8 nitrogen and oxygen atoms in total. The lowest BCUT2D eigenvalue weighted by Gasteiger charge is -2.18. The number of nitro benzene ring substituents is 1. The third-order valence-electron chi connectivity index (χ3n) is 2.71. The van der Waals surface area contributed by atoms with E-state index in [2.05, 4.69) is 0 Å². The summed E-state index contributed by atoms with van der Waals surface area (Å²) >= 11 is 0. The fraction of sp³-hybridized carbons (Fsp3) is 0.500.